The van der Waals surface area contributed by atoms with Gasteiger partial charge in [0.15, 0.2) is 0 Å². The Morgan fingerprint density at radius 1 is 1.70 bits per heavy atom. The smallest absolute Gasteiger partial charge is 0.146 e. The molecule has 1 aromatic heterocycles. The molecular weight excluding hydrogens is 167 g/mol. The third-order valence-electron chi connectivity index (χ3n) is 0.915. The van der Waals surface area contributed by atoms with Gasteiger partial charge in [-0.2, -0.15) is 0 Å². The molecule has 0 bridgehead atoms. The highest BCUT2D eigenvalue weighted by Gasteiger charge is 2.06. The quantitative estimate of drug-likeness (QED) is 0.305. The fraction of sp³-hybridized carbons (Fsp3) is 0. The molecule has 0 amide bonds. The van der Waals surface area contributed by atoms with Crippen molar-refractivity contribution < 1.29 is 0 Å². The molecule has 0 spiro atoms. The number of hydrogen-bond acceptors (Lipinski definition) is 4. The highest BCUT2D eigenvalue weighted by molar-refractivity contribution is 7.43. The number of anilines is 1. The first-order valence-electron chi connectivity index (χ1n) is 2.47. The maximum Gasteiger partial charge on any atom is 0.146 e. The third kappa shape index (κ3) is 1.25. The summed E-state index contributed by atoms with van der Waals surface area (Å²) in [6.45, 7) is 0. The second-order valence-corrected chi connectivity index (χ2v) is 3.68. The van der Waals surface area contributed by atoms with Gasteiger partial charge in [-0.25, -0.2) is 4.98 Å². The van der Waals surface area contributed by atoms with Crippen LogP contribution < -0.4 is 16.2 Å². The first-order chi connectivity index (χ1) is 4.61. The van der Waals surface area contributed by atoms with Gasteiger partial charge in [0.05, 0.1) is 0 Å². The summed E-state index contributed by atoms with van der Waals surface area (Å²) >= 11 is 1.30. The number of nitrogens with two attached hydrogens (primary N) is 2. The normalized spacial score (nSPS) is 9.70. The van der Waals surface area contributed by atoms with Crippen LogP contribution in [0.15, 0.2) is 0 Å². The van der Waals surface area contributed by atoms with Crippen LogP contribution in [-0.2, 0) is 0 Å². The fourth-order valence-corrected chi connectivity index (χ4v) is 1.65. The summed E-state index contributed by atoms with van der Waals surface area (Å²) in [6.07, 6.45) is 0. The molecule has 0 aliphatic rings. The van der Waals surface area contributed by atoms with E-state index in [1.807, 2.05) is 0 Å². The Morgan fingerprint density at radius 2 is 2.30 bits per heavy atom. The Labute approximate surface area is 64.4 Å². The van der Waals surface area contributed by atoms with Crippen LogP contribution in [-0.4, -0.2) is 10.8 Å². The zero-order chi connectivity index (χ0) is 7.72. The van der Waals surface area contributed by atoms with E-state index in [2.05, 4.69) is 14.2 Å². The molecule has 1 rings (SSSR count). The molecule has 54 valence electrons. The van der Waals surface area contributed by atoms with Crippen molar-refractivity contribution in [1.82, 2.24) is 4.98 Å². The minimum absolute atomic E-state index is 0.0244. The second-order valence-electron chi connectivity index (χ2n) is 1.68. The van der Waals surface area contributed by atoms with Crippen LogP contribution in [0.5, 0.6) is 0 Å². The minimum Gasteiger partial charge on any atom is -0.383 e. The SMILES string of the molecule is N=C(N)c1sc(P)nc1N. The van der Waals surface area contributed by atoms with Gasteiger partial charge in [0.1, 0.15) is 21.3 Å². The zero-order valence-corrected chi connectivity index (χ0v) is 7.06. The average molecular weight is 174 g/mol. The minimum atomic E-state index is -0.0244. The van der Waals surface area contributed by atoms with E-state index >= 15 is 0 Å². The van der Waals surface area contributed by atoms with Crippen molar-refractivity contribution in [2.75, 3.05) is 5.73 Å². The Morgan fingerprint density at radius 3 is 2.50 bits per heavy atom. The number of rotatable bonds is 1. The molecule has 10 heavy (non-hydrogen) atoms. The van der Waals surface area contributed by atoms with Gasteiger partial charge in [-0.15, -0.1) is 11.3 Å². The van der Waals surface area contributed by atoms with Gasteiger partial charge in [-0.3, -0.25) is 5.41 Å². The van der Waals surface area contributed by atoms with Crippen LogP contribution >= 0.6 is 20.6 Å². The van der Waals surface area contributed by atoms with E-state index in [1.54, 1.807) is 0 Å². The largest absolute Gasteiger partial charge is 0.383 e. The zero-order valence-electron chi connectivity index (χ0n) is 5.09. The van der Waals surface area contributed by atoms with Gasteiger partial charge in [0.2, 0.25) is 0 Å². The summed E-state index contributed by atoms with van der Waals surface area (Å²) in [4.78, 5) is 4.42. The average Bonchev–Trinajstić information content (AvgIpc) is 2.10. The molecule has 1 heterocycles. The van der Waals surface area contributed by atoms with Crippen LogP contribution in [0.4, 0.5) is 5.82 Å². The van der Waals surface area contributed by atoms with Crippen molar-refractivity contribution in [1.29, 1.82) is 5.41 Å². The number of hydrogen-bond donors (Lipinski definition) is 3. The molecule has 1 aromatic rings. The highest BCUT2D eigenvalue weighted by Crippen LogP contribution is 2.13. The van der Waals surface area contributed by atoms with Gasteiger partial charge < -0.3 is 11.5 Å². The summed E-state index contributed by atoms with van der Waals surface area (Å²) in [7, 11) is 2.40. The molecular formula is C4H7N4PS. The number of nitrogens with one attached hydrogen (secondary N) is 1. The monoisotopic (exact) mass is 174 g/mol. The Hall–Kier alpha value is -0.670. The van der Waals surface area contributed by atoms with Gasteiger partial charge in [-0.1, -0.05) is 9.24 Å². The summed E-state index contributed by atoms with van der Waals surface area (Å²) < 4.78 is 0.753. The van der Waals surface area contributed by atoms with Crippen molar-refractivity contribution in [3.8, 4) is 0 Å². The van der Waals surface area contributed by atoms with Crippen LogP contribution in [0.2, 0.25) is 0 Å². The molecule has 1 unspecified atom stereocenters. The summed E-state index contributed by atoms with van der Waals surface area (Å²) in [5.41, 5.74) is 10.6. The van der Waals surface area contributed by atoms with E-state index in [9.17, 15) is 0 Å². The van der Waals surface area contributed by atoms with E-state index in [4.69, 9.17) is 16.9 Å². The summed E-state index contributed by atoms with van der Waals surface area (Å²) in [6, 6.07) is 0. The van der Waals surface area contributed by atoms with Crippen LogP contribution in [0.25, 0.3) is 0 Å². The number of nitrogen functional groups attached to an aromatic ring is 2. The first kappa shape index (κ1) is 7.44. The molecule has 6 heteroatoms. The standard InChI is InChI=1S/C4H7N4PS/c5-2(6)1-3(7)8-4(9)10-1/h7,9H2,(H3,5,6). The molecule has 4 nitrogen and oxygen atoms in total. The third-order valence-corrected chi connectivity index (χ3v) is 2.33. The molecule has 0 aromatic carbocycles. The van der Waals surface area contributed by atoms with Gasteiger partial charge in [0.25, 0.3) is 0 Å². The lowest BCUT2D eigenvalue weighted by Gasteiger charge is -1.89. The predicted molar refractivity (Wildman–Crippen MR) is 46.9 cm³/mol. The Balaban J connectivity index is 3.15. The Kier molecular flexibility index (Phi) is 1.87. The van der Waals surface area contributed by atoms with E-state index in [0.717, 1.165) is 4.75 Å². The second kappa shape index (κ2) is 2.52. The molecule has 5 N–H and O–H groups in total. The predicted octanol–water partition coefficient (Wildman–Crippen LogP) is -0.490. The Bertz CT molecular complexity index is 268. The van der Waals surface area contributed by atoms with Crippen LogP contribution in [0, 0.1) is 5.41 Å². The van der Waals surface area contributed by atoms with E-state index in [0.29, 0.717) is 10.7 Å². The molecule has 1 atom stereocenters. The molecule has 0 saturated heterocycles. The molecule has 0 aliphatic heterocycles. The number of amidine groups is 1. The van der Waals surface area contributed by atoms with Crippen LogP contribution in [0.1, 0.15) is 4.88 Å². The van der Waals surface area contributed by atoms with Crippen molar-refractivity contribution in [3.63, 3.8) is 0 Å². The lowest BCUT2D eigenvalue weighted by atomic mass is 10.5. The van der Waals surface area contributed by atoms with Crippen molar-refractivity contribution >= 4 is 37.0 Å². The lowest BCUT2D eigenvalue weighted by Crippen LogP contribution is -2.10. The molecule has 0 aliphatic carbocycles. The highest BCUT2D eigenvalue weighted by atomic mass is 32.1. The van der Waals surface area contributed by atoms with Crippen LogP contribution in [0.3, 0.4) is 0 Å². The van der Waals surface area contributed by atoms with E-state index < -0.39 is 0 Å². The maximum absolute atomic E-state index is 7.05. The van der Waals surface area contributed by atoms with Crippen molar-refractivity contribution in [2.24, 2.45) is 5.73 Å². The summed E-state index contributed by atoms with van der Waals surface area (Å²) in [5.74, 6) is 0.311. The topological polar surface area (TPSA) is 88.8 Å². The van der Waals surface area contributed by atoms with Gasteiger partial charge >= 0.3 is 0 Å². The number of thiazole rings is 1. The van der Waals surface area contributed by atoms with Crippen molar-refractivity contribution in [3.05, 3.63) is 4.88 Å². The lowest BCUT2D eigenvalue weighted by molar-refractivity contribution is 1.42. The van der Waals surface area contributed by atoms with E-state index in [1.165, 1.54) is 11.3 Å². The number of aromatic nitrogens is 1. The molecule has 0 fully saturated rings. The van der Waals surface area contributed by atoms with E-state index in [-0.39, 0.29) is 5.84 Å². The summed E-state index contributed by atoms with van der Waals surface area (Å²) in [5, 5.41) is 7.05. The van der Waals surface area contributed by atoms with Crippen molar-refractivity contribution in [2.45, 2.75) is 0 Å². The first-order valence-corrected chi connectivity index (χ1v) is 3.87. The molecule has 0 radical (unpaired) electrons. The van der Waals surface area contributed by atoms with Gasteiger partial charge in [0, 0.05) is 0 Å². The molecule has 0 saturated carbocycles. The fourth-order valence-electron chi connectivity index (χ4n) is 0.542. The van der Waals surface area contributed by atoms with Gasteiger partial charge in [-0.05, 0) is 0 Å². The number of nitrogens with zero attached hydrogens (tertiary/aromatic N) is 1. The maximum atomic E-state index is 7.05.